The van der Waals surface area contributed by atoms with Crippen molar-refractivity contribution in [2.45, 2.75) is 39.0 Å². The normalized spacial score (nSPS) is 11.4. The van der Waals surface area contributed by atoms with Gasteiger partial charge in [0, 0.05) is 18.6 Å². The van der Waals surface area contributed by atoms with E-state index in [9.17, 15) is 20.1 Å². The summed E-state index contributed by atoms with van der Waals surface area (Å²) in [5, 5.41) is 28.9. The van der Waals surface area contributed by atoms with Gasteiger partial charge >= 0.3 is 0 Å². The van der Waals surface area contributed by atoms with Gasteiger partial charge in [0.25, 0.3) is 0 Å². The lowest BCUT2D eigenvalue weighted by Gasteiger charge is -2.22. The van der Waals surface area contributed by atoms with Crippen LogP contribution in [0.1, 0.15) is 48.7 Å². The number of carbonyl (C=O) groups is 1. The molecule has 0 aliphatic rings. The van der Waals surface area contributed by atoms with Gasteiger partial charge in [-0.1, -0.05) is 45.0 Å². The monoisotopic (exact) mass is 314 g/mol. The Morgan fingerprint density at radius 3 is 2.13 bits per heavy atom. The molecule has 2 aromatic carbocycles. The number of ketones is 1. The second-order valence-electron chi connectivity index (χ2n) is 6.69. The minimum atomic E-state index is -0.406. The van der Waals surface area contributed by atoms with Crippen LogP contribution in [0.3, 0.4) is 0 Å². The van der Waals surface area contributed by atoms with Crippen molar-refractivity contribution in [2.75, 3.05) is 0 Å². The van der Waals surface area contributed by atoms with E-state index in [1.807, 2.05) is 18.2 Å². The number of aromatic hydroxyl groups is 3. The van der Waals surface area contributed by atoms with Crippen LogP contribution in [0.25, 0.3) is 0 Å². The second-order valence-corrected chi connectivity index (χ2v) is 6.69. The Morgan fingerprint density at radius 1 is 1.00 bits per heavy atom. The first-order valence-electron chi connectivity index (χ1n) is 7.56. The van der Waals surface area contributed by atoms with Gasteiger partial charge in [-0.15, -0.1) is 0 Å². The number of Topliss-reactive ketones (excluding diaryl/α,β-unsaturated/α-hetero) is 1. The van der Waals surface area contributed by atoms with E-state index >= 15 is 0 Å². The Kier molecular flexibility index (Phi) is 4.64. The lowest BCUT2D eigenvalue weighted by Crippen LogP contribution is -2.14. The summed E-state index contributed by atoms with van der Waals surface area (Å²) in [4.78, 5) is 12.3. The molecule has 0 saturated carbocycles. The molecule has 0 bridgehead atoms. The third-order valence-corrected chi connectivity index (χ3v) is 3.81. The molecular formula is C19H22O4. The van der Waals surface area contributed by atoms with Crippen molar-refractivity contribution < 1.29 is 20.1 Å². The fourth-order valence-electron chi connectivity index (χ4n) is 2.73. The van der Waals surface area contributed by atoms with E-state index in [1.165, 1.54) is 5.56 Å². The summed E-state index contributed by atoms with van der Waals surface area (Å²) in [6.07, 6.45) is 0.686. The molecule has 0 aromatic heterocycles. The number of rotatable bonds is 4. The van der Waals surface area contributed by atoms with Gasteiger partial charge in [0.05, 0.1) is 0 Å². The number of benzene rings is 2. The molecule has 2 aromatic rings. The molecule has 0 heterocycles. The van der Waals surface area contributed by atoms with Crippen molar-refractivity contribution in [1.82, 2.24) is 0 Å². The SMILES string of the molecule is CC(C)(C)c1ccccc1CCC(=O)c1c(O)cc(O)cc1O. The number of phenols is 3. The summed E-state index contributed by atoms with van der Waals surface area (Å²) in [5.74, 6) is -1.45. The van der Waals surface area contributed by atoms with E-state index < -0.39 is 11.5 Å². The Morgan fingerprint density at radius 2 is 1.57 bits per heavy atom. The molecule has 0 amide bonds. The standard InChI is InChI=1S/C19H22O4/c1-19(2,3)14-7-5-4-6-12(14)8-9-15(21)18-16(22)10-13(20)11-17(18)23/h4-7,10-11,20,22-23H,8-9H2,1-3H3. The minimum Gasteiger partial charge on any atom is -0.508 e. The Hall–Kier alpha value is -2.49. The zero-order valence-corrected chi connectivity index (χ0v) is 13.6. The predicted molar refractivity (Wildman–Crippen MR) is 89.2 cm³/mol. The quantitative estimate of drug-likeness (QED) is 0.748. The number of phenolic OH excluding ortho intramolecular Hbond substituents is 3. The summed E-state index contributed by atoms with van der Waals surface area (Å²) in [5.41, 5.74) is 2.08. The number of hydrogen-bond donors (Lipinski definition) is 3. The molecule has 23 heavy (non-hydrogen) atoms. The first-order chi connectivity index (χ1) is 10.7. The van der Waals surface area contributed by atoms with Crippen LogP contribution >= 0.6 is 0 Å². The summed E-state index contributed by atoms with van der Waals surface area (Å²) in [6, 6.07) is 10.1. The smallest absolute Gasteiger partial charge is 0.170 e. The highest BCUT2D eigenvalue weighted by Crippen LogP contribution is 2.33. The fraction of sp³-hybridized carbons (Fsp3) is 0.316. The van der Waals surface area contributed by atoms with E-state index in [2.05, 4.69) is 26.8 Å². The number of carbonyl (C=O) groups excluding carboxylic acids is 1. The van der Waals surface area contributed by atoms with Gasteiger partial charge in [0.2, 0.25) is 0 Å². The predicted octanol–water partition coefficient (Wildman–Crippen LogP) is 3.92. The zero-order chi connectivity index (χ0) is 17.2. The molecule has 0 atom stereocenters. The molecule has 122 valence electrons. The molecule has 0 aliphatic carbocycles. The Bertz CT molecular complexity index is 703. The summed E-state index contributed by atoms with van der Waals surface area (Å²) in [6.45, 7) is 6.35. The third-order valence-electron chi connectivity index (χ3n) is 3.81. The zero-order valence-electron chi connectivity index (χ0n) is 13.6. The fourth-order valence-corrected chi connectivity index (χ4v) is 2.73. The highest BCUT2D eigenvalue weighted by molar-refractivity contribution is 6.01. The van der Waals surface area contributed by atoms with Crippen LogP contribution in [0, 0.1) is 0 Å². The molecule has 4 nitrogen and oxygen atoms in total. The van der Waals surface area contributed by atoms with Gasteiger partial charge < -0.3 is 15.3 Å². The molecular weight excluding hydrogens is 292 g/mol. The minimum absolute atomic E-state index is 0.0253. The van der Waals surface area contributed by atoms with Crippen LogP contribution in [-0.2, 0) is 11.8 Å². The lowest BCUT2D eigenvalue weighted by atomic mass is 9.82. The average molecular weight is 314 g/mol. The molecule has 0 spiro atoms. The molecule has 0 aliphatic heterocycles. The maximum atomic E-state index is 12.3. The molecule has 2 rings (SSSR count). The van der Waals surface area contributed by atoms with Gasteiger partial charge in [0.15, 0.2) is 5.78 Å². The summed E-state index contributed by atoms with van der Waals surface area (Å²) >= 11 is 0. The third kappa shape index (κ3) is 3.83. The maximum absolute atomic E-state index is 12.3. The number of aryl methyl sites for hydroxylation is 1. The molecule has 4 heteroatoms. The summed E-state index contributed by atoms with van der Waals surface area (Å²) < 4.78 is 0. The van der Waals surface area contributed by atoms with Crippen LogP contribution < -0.4 is 0 Å². The van der Waals surface area contributed by atoms with E-state index in [1.54, 1.807) is 0 Å². The largest absolute Gasteiger partial charge is 0.508 e. The van der Waals surface area contributed by atoms with Crippen LogP contribution in [-0.4, -0.2) is 21.1 Å². The Labute approximate surface area is 136 Å². The van der Waals surface area contributed by atoms with Gasteiger partial charge in [-0.25, -0.2) is 0 Å². The molecule has 0 fully saturated rings. The second kappa shape index (κ2) is 6.32. The van der Waals surface area contributed by atoms with E-state index in [-0.39, 0.29) is 28.9 Å². The summed E-state index contributed by atoms with van der Waals surface area (Å²) in [7, 11) is 0. The average Bonchev–Trinajstić information content (AvgIpc) is 2.43. The van der Waals surface area contributed by atoms with Crippen molar-refractivity contribution in [1.29, 1.82) is 0 Å². The van der Waals surface area contributed by atoms with Crippen molar-refractivity contribution in [3.63, 3.8) is 0 Å². The van der Waals surface area contributed by atoms with Crippen molar-refractivity contribution in [3.8, 4) is 17.2 Å². The van der Waals surface area contributed by atoms with E-state index in [0.717, 1.165) is 17.7 Å². The number of hydrogen-bond acceptors (Lipinski definition) is 4. The molecule has 0 saturated heterocycles. The van der Waals surface area contributed by atoms with Crippen LogP contribution in [0.2, 0.25) is 0 Å². The Balaban J connectivity index is 2.21. The van der Waals surface area contributed by atoms with Crippen LogP contribution in [0.5, 0.6) is 17.2 Å². The van der Waals surface area contributed by atoms with Crippen molar-refractivity contribution >= 4 is 5.78 Å². The van der Waals surface area contributed by atoms with Gasteiger partial charge in [-0.05, 0) is 23.0 Å². The molecule has 3 N–H and O–H groups in total. The molecule has 0 radical (unpaired) electrons. The highest BCUT2D eigenvalue weighted by atomic mass is 16.3. The van der Waals surface area contributed by atoms with Gasteiger partial charge in [0.1, 0.15) is 22.8 Å². The first kappa shape index (κ1) is 16.9. The highest BCUT2D eigenvalue weighted by Gasteiger charge is 2.20. The van der Waals surface area contributed by atoms with Crippen LogP contribution in [0.4, 0.5) is 0 Å². The molecule has 0 unspecified atom stereocenters. The van der Waals surface area contributed by atoms with Crippen LogP contribution in [0.15, 0.2) is 36.4 Å². The lowest BCUT2D eigenvalue weighted by molar-refractivity contribution is 0.0977. The van der Waals surface area contributed by atoms with E-state index in [4.69, 9.17) is 0 Å². The van der Waals surface area contributed by atoms with Gasteiger partial charge in [-0.2, -0.15) is 0 Å². The van der Waals surface area contributed by atoms with E-state index in [0.29, 0.717) is 6.42 Å². The topological polar surface area (TPSA) is 77.8 Å². The van der Waals surface area contributed by atoms with Crippen molar-refractivity contribution in [3.05, 3.63) is 53.1 Å². The van der Waals surface area contributed by atoms with Crippen molar-refractivity contribution in [2.24, 2.45) is 0 Å². The first-order valence-corrected chi connectivity index (χ1v) is 7.56. The van der Waals surface area contributed by atoms with Gasteiger partial charge in [-0.3, -0.25) is 4.79 Å². The maximum Gasteiger partial charge on any atom is 0.170 e.